The molecule has 0 fully saturated rings. The standard InChI is InChI=1S/C16H9F6NO3/c17-14(16(20,21)22)15(18,19)10-3-1-9(2-4-10)13(25)26-23-11-5-7-12(24)8-6-11/h1-8,14H. The van der Waals surface area contributed by atoms with Gasteiger partial charge in [0, 0.05) is 5.56 Å². The van der Waals surface area contributed by atoms with E-state index in [4.69, 9.17) is 0 Å². The van der Waals surface area contributed by atoms with Crippen LogP contribution in [0.25, 0.3) is 0 Å². The molecule has 0 bridgehead atoms. The highest BCUT2D eigenvalue weighted by Gasteiger charge is 2.57. The molecule has 1 atom stereocenters. The first-order valence-corrected chi connectivity index (χ1v) is 6.90. The lowest BCUT2D eigenvalue weighted by Crippen LogP contribution is -2.39. The fourth-order valence-corrected chi connectivity index (χ4v) is 1.83. The fraction of sp³-hybridized carbons (Fsp3) is 0.188. The highest BCUT2D eigenvalue weighted by molar-refractivity contribution is 6.16. The lowest BCUT2D eigenvalue weighted by Gasteiger charge is -2.22. The van der Waals surface area contributed by atoms with Crippen molar-refractivity contribution in [2.45, 2.75) is 18.3 Å². The van der Waals surface area contributed by atoms with Gasteiger partial charge >= 0.3 is 18.1 Å². The van der Waals surface area contributed by atoms with Crippen LogP contribution in [0.15, 0.2) is 53.7 Å². The minimum atomic E-state index is -5.74. The SMILES string of the molecule is O=C1C=CC(=NOC(=O)c2ccc(C(F)(F)C(F)C(F)(F)F)cc2)C=C1. The van der Waals surface area contributed by atoms with Crippen molar-refractivity contribution in [3.8, 4) is 0 Å². The number of benzene rings is 1. The van der Waals surface area contributed by atoms with Crippen molar-refractivity contribution in [3.05, 3.63) is 59.7 Å². The van der Waals surface area contributed by atoms with Crippen LogP contribution in [0.1, 0.15) is 15.9 Å². The third-order valence-corrected chi connectivity index (χ3v) is 3.18. The molecule has 10 heteroatoms. The Morgan fingerprint density at radius 1 is 0.962 bits per heavy atom. The van der Waals surface area contributed by atoms with Gasteiger partial charge in [0.15, 0.2) is 5.78 Å². The third kappa shape index (κ3) is 4.38. The molecule has 4 nitrogen and oxygen atoms in total. The van der Waals surface area contributed by atoms with Crippen LogP contribution in [0, 0.1) is 0 Å². The van der Waals surface area contributed by atoms with Crippen LogP contribution in [0.3, 0.4) is 0 Å². The second-order valence-electron chi connectivity index (χ2n) is 5.07. The summed E-state index contributed by atoms with van der Waals surface area (Å²) < 4.78 is 76.5. The molecule has 1 aliphatic carbocycles. The predicted molar refractivity (Wildman–Crippen MR) is 77.4 cm³/mol. The predicted octanol–water partition coefficient (Wildman–Crippen LogP) is 3.89. The Labute approximate surface area is 142 Å². The van der Waals surface area contributed by atoms with Gasteiger partial charge in [-0.15, -0.1) is 0 Å². The Morgan fingerprint density at radius 2 is 1.50 bits per heavy atom. The van der Waals surface area contributed by atoms with Gasteiger partial charge in [-0.1, -0.05) is 17.3 Å². The Kier molecular flexibility index (Phi) is 5.33. The van der Waals surface area contributed by atoms with E-state index in [1.807, 2.05) is 0 Å². The number of carbonyl (C=O) groups is 2. The Bertz CT molecular complexity index is 775. The van der Waals surface area contributed by atoms with E-state index in [2.05, 4.69) is 9.99 Å². The lowest BCUT2D eigenvalue weighted by molar-refractivity contribution is -0.248. The van der Waals surface area contributed by atoms with E-state index < -0.39 is 29.8 Å². The third-order valence-electron chi connectivity index (χ3n) is 3.18. The number of alkyl halides is 6. The van der Waals surface area contributed by atoms with Crippen molar-refractivity contribution < 1.29 is 40.8 Å². The molecule has 138 valence electrons. The molecule has 0 heterocycles. The van der Waals surface area contributed by atoms with Gasteiger partial charge in [0.2, 0.25) is 0 Å². The van der Waals surface area contributed by atoms with Crippen LogP contribution in [-0.2, 0) is 15.6 Å². The summed E-state index contributed by atoms with van der Waals surface area (Å²) in [5.41, 5.74) is -1.41. The topological polar surface area (TPSA) is 55.7 Å². The van der Waals surface area contributed by atoms with Crippen LogP contribution in [0.5, 0.6) is 0 Å². The van der Waals surface area contributed by atoms with Crippen LogP contribution in [-0.4, -0.2) is 29.8 Å². The number of hydrogen-bond donors (Lipinski definition) is 0. The first-order chi connectivity index (χ1) is 12.0. The molecule has 1 aromatic rings. The highest BCUT2D eigenvalue weighted by Crippen LogP contribution is 2.41. The Morgan fingerprint density at radius 3 is 2.00 bits per heavy atom. The van der Waals surface area contributed by atoms with Gasteiger partial charge in [-0.25, -0.2) is 9.18 Å². The first kappa shape index (κ1) is 19.4. The average molecular weight is 377 g/mol. The molecule has 0 spiro atoms. The van der Waals surface area contributed by atoms with E-state index in [1.165, 1.54) is 12.2 Å². The quantitative estimate of drug-likeness (QED) is 0.346. The molecular formula is C16H9F6NO3. The first-order valence-electron chi connectivity index (χ1n) is 6.90. The molecule has 0 saturated heterocycles. The molecule has 26 heavy (non-hydrogen) atoms. The zero-order chi connectivity index (χ0) is 19.5. The molecule has 1 aromatic carbocycles. The number of carbonyl (C=O) groups excluding carboxylic acids is 2. The summed E-state index contributed by atoms with van der Waals surface area (Å²) in [5.74, 6) is -6.19. The molecule has 1 unspecified atom stereocenters. The fourth-order valence-electron chi connectivity index (χ4n) is 1.83. The van der Waals surface area contributed by atoms with Gasteiger partial charge < -0.3 is 4.84 Å². The van der Waals surface area contributed by atoms with Crippen LogP contribution in [0.4, 0.5) is 26.3 Å². The maximum atomic E-state index is 13.5. The second kappa shape index (κ2) is 7.14. The number of rotatable bonds is 4. The molecule has 0 aliphatic heterocycles. The van der Waals surface area contributed by atoms with Gasteiger partial charge in [0.25, 0.3) is 6.17 Å². The smallest absolute Gasteiger partial charge is 0.312 e. The summed E-state index contributed by atoms with van der Waals surface area (Å²) in [4.78, 5) is 27.1. The normalized spacial score (nSPS) is 15.8. The molecule has 0 amide bonds. The highest BCUT2D eigenvalue weighted by atomic mass is 19.4. The monoisotopic (exact) mass is 377 g/mol. The minimum Gasteiger partial charge on any atom is -0.312 e. The molecule has 1 aliphatic rings. The van der Waals surface area contributed by atoms with Crippen molar-refractivity contribution in [2.24, 2.45) is 5.16 Å². The number of allylic oxidation sites excluding steroid dienone is 4. The zero-order valence-corrected chi connectivity index (χ0v) is 12.6. The Hall–Kier alpha value is -2.91. The van der Waals surface area contributed by atoms with E-state index in [9.17, 15) is 35.9 Å². The van der Waals surface area contributed by atoms with E-state index in [-0.39, 0.29) is 17.1 Å². The second-order valence-corrected chi connectivity index (χ2v) is 5.07. The van der Waals surface area contributed by atoms with E-state index >= 15 is 0 Å². The number of hydrogen-bond acceptors (Lipinski definition) is 4. The molecular weight excluding hydrogens is 368 g/mol. The summed E-state index contributed by atoms with van der Waals surface area (Å²) in [5, 5.41) is 3.41. The maximum Gasteiger partial charge on any atom is 0.426 e. The van der Waals surface area contributed by atoms with Crippen molar-refractivity contribution in [2.75, 3.05) is 0 Å². The van der Waals surface area contributed by atoms with E-state index in [1.54, 1.807) is 0 Å². The van der Waals surface area contributed by atoms with Gasteiger partial charge in [-0.2, -0.15) is 22.0 Å². The van der Waals surface area contributed by atoms with Crippen molar-refractivity contribution >= 4 is 17.5 Å². The zero-order valence-electron chi connectivity index (χ0n) is 12.6. The lowest BCUT2D eigenvalue weighted by atomic mass is 10.0. The van der Waals surface area contributed by atoms with E-state index in [0.717, 1.165) is 24.3 Å². The summed E-state index contributed by atoms with van der Waals surface area (Å²) in [6, 6.07) is 2.48. The number of halogens is 6. The van der Waals surface area contributed by atoms with Crippen molar-refractivity contribution in [1.82, 2.24) is 0 Å². The van der Waals surface area contributed by atoms with Crippen molar-refractivity contribution in [1.29, 1.82) is 0 Å². The number of ketones is 1. The Balaban J connectivity index is 2.10. The number of oxime groups is 1. The molecule has 2 rings (SSSR count). The van der Waals surface area contributed by atoms with Crippen LogP contribution >= 0.6 is 0 Å². The van der Waals surface area contributed by atoms with Crippen molar-refractivity contribution in [3.63, 3.8) is 0 Å². The summed E-state index contributed by atoms with van der Waals surface area (Å²) >= 11 is 0. The number of nitrogens with zero attached hydrogens (tertiary/aromatic N) is 1. The van der Waals surface area contributed by atoms with Gasteiger partial charge in [-0.05, 0) is 36.4 Å². The molecule has 0 saturated carbocycles. The summed E-state index contributed by atoms with van der Waals surface area (Å²) in [6.07, 6.45) is -5.27. The average Bonchev–Trinajstić information content (AvgIpc) is 2.59. The van der Waals surface area contributed by atoms with Crippen LogP contribution < -0.4 is 0 Å². The largest absolute Gasteiger partial charge is 0.426 e. The van der Waals surface area contributed by atoms with Gasteiger partial charge in [0.05, 0.1) is 5.56 Å². The molecule has 0 aromatic heterocycles. The maximum absolute atomic E-state index is 13.5. The molecule has 0 N–H and O–H groups in total. The van der Waals surface area contributed by atoms with Crippen LogP contribution in [0.2, 0.25) is 0 Å². The molecule has 0 radical (unpaired) electrons. The summed E-state index contributed by atoms with van der Waals surface area (Å²) in [6.45, 7) is 0. The van der Waals surface area contributed by atoms with E-state index in [0.29, 0.717) is 12.1 Å². The minimum absolute atomic E-state index is 0.131. The van der Waals surface area contributed by atoms with Gasteiger partial charge in [-0.3, -0.25) is 4.79 Å². The summed E-state index contributed by atoms with van der Waals surface area (Å²) in [7, 11) is 0. The van der Waals surface area contributed by atoms with Gasteiger partial charge in [0.1, 0.15) is 5.71 Å².